The number of carbonyl (C=O) groups is 1. The molecule has 2 aromatic rings. The lowest BCUT2D eigenvalue weighted by atomic mass is 10.1. The van der Waals surface area contributed by atoms with Crippen molar-refractivity contribution in [1.29, 1.82) is 0 Å². The van der Waals surface area contributed by atoms with Crippen LogP contribution in [0, 0.1) is 0 Å². The van der Waals surface area contributed by atoms with E-state index in [-0.39, 0.29) is 6.61 Å². The van der Waals surface area contributed by atoms with Gasteiger partial charge in [-0.3, -0.25) is 4.79 Å². The van der Waals surface area contributed by atoms with Crippen molar-refractivity contribution in [3.63, 3.8) is 0 Å². The minimum absolute atomic E-state index is 0.274. The van der Waals surface area contributed by atoms with Crippen molar-refractivity contribution in [1.82, 2.24) is 4.98 Å². The van der Waals surface area contributed by atoms with E-state index in [2.05, 4.69) is 4.98 Å². The Balaban J connectivity index is 2.12. The van der Waals surface area contributed by atoms with E-state index in [1.807, 2.05) is 24.3 Å². The number of carbonyl (C=O) groups excluding carboxylic acids is 1. The smallest absolute Gasteiger partial charge is 0.249 e. The van der Waals surface area contributed by atoms with Gasteiger partial charge in [0.15, 0.2) is 0 Å². The van der Waals surface area contributed by atoms with Crippen molar-refractivity contribution in [3.8, 4) is 5.88 Å². The molecular formula is C13H12N2O2. The normalized spacial score (nSPS) is 9.88. The van der Waals surface area contributed by atoms with Crippen LogP contribution in [0.5, 0.6) is 5.88 Å². The summed E-state index contributed by atoms with van der Waals surface area (Å²) in [6.45, 7) is 0.274. The highest BCUT2D eigenvalue weighted by atomic mass is 16.5. The Bertz CT molecular complexity index is 512. The Morgan fingerprint density at radius 1 is 1.18 bits per heavy atom. The van der Waals surface area contributed by atoms with Crippen LogP contribution in [0.3, 0.4) is 0 Å². The van der Waals surface area contributed by atoms with Gasteiger partial charge in [-0.05, 0) is 12.1 Å². The fraction of sp³-hybridized carbons (Fsp3) is 0.0769. The Hall–Kier alpha value is -2.36. The highest BCUT2D eigenvalue weighted by molar-refractivity contribution is 5.94. The molecule has 2 N–H and O–H groups in total. The summed E-state index contributed by atoms with van der Waals surface area (Å²) >= 11 is 0. The largest absolute Gasteiger partial charge is 0.473 e. The van der Waals surface area contributed by atoms with Gasteiger partial charge in [0, 0.05) is 23.4 Å². The van der Waals surface area contributed by atoms with Crippen LogP contribution in [-0.4, -0.2) is 10.9 Å². The number of primary amides is 1. The molecule has 0 saturated carbocycles. The Labute approximate surface area is 99.1 Å². The molecule has 0 bridgehead atoms. The van der Waals surface area contributed by atoms with Gasteiger partial charge in [0.2, 0.25) is 11.8 Å². The zero-order chi connectivity index (χ0) is 12.1. The van der Waals surface area contributed by atoms with Crippen molar-refractivity contribution >= 4 is 5.91 Å². The summed E-state index contributed by atoms with van der Waals surface area (Å²) in [5.41, 5.74) is 6.50. The van der Waals surface area contributed by atoms with E-state index in [0.29, 0.717) is 11.4 Å². The van der Waals surface area contributed by atoms with E-state index in [4.69, 9.17) is 10.5 Å². The number of benzene rings is 1. The van der Waals surface area contributed by atoms with Crippen LogP contribution in [0.2, 0.25) is 0 Å². The molecule has 86 valence electrons. The van der Waals surface area contributed by atoms with Gasteiger partial charge in [-0.2, -0.15) is 0 Å². The maximum Gasteiger partial charge on any atom is 0.249 e. The third-order valence-corrected chi connectivity index (χ3v) is 2.30. The van der Waals surface area contributed by atoms with Crippen LogP contribution in [0.1, 0.15) is 15.9 Å². The molecule has 0 saturated heterocycles. The quantitative estimate of drug-likeness (QED) is 0.867. The second-order valence-corrected chi connectivity index (χ2v) is 3.48. The molecule has 4 heteroatoms. The molecule has 0 aliphatic rings. The van der Waals surface area contributed by atoms with Gasteiger partial charge in [0.25, 0.3) is 0 Å². The van der Waals surface area contributed by atoms with Crippen molar-refractivity contribution in [2.75, 3.05) is 0 Å². The van der Waals surface area contributed by atoms with E-state index in [1.165, 1.54) is 0 Å². The number of hydrogen-bond donors (Lipinski definition) is 1. The minimum atomic E-state index is -0.453. The van der Waals surface area contributed by atoms with E-state index >= 15 is 0 Å². The van der Waals surface area contributed by atoms with Gasteiger partial charge < -0.3 is 10.5 Å². The van der Waals surface area contributed by atoms with Gasteiger partial charge in [-0.15, -0.1) is 0 Å². The molecule has 4 nitrogen and oxygen atoms in total. The Morgan fingerprint density at radius 3 is 2.65 bits per heavy atom. The van der Waals surface area contributed by atoms with Crippen molar-refractivity contribution in [2.24, 2.45) is 5.73 Å². The van der Waals surface area contributed by atoms with Crippen LogP contribution in [0.15, 0.2) is 48.7 Å². The Kier molecular flexibility index (Phi) is 3.35. The third-order valence-electron chi connectivity index (χ3n) is 2.30. The highest BCUT2D eigenvalue weighted by Gasteiger charge is 2.07. The molecule has 1 heterocycles. The molecule has 17 heavy (non-hydrogen) atoms. The van der Waals surface area contributed by atoms with E-state index in [1.54, 1.807) is 24.4 Å². The SMILES string of the molecule is NC(=O)c1ccccc1COc1ccccn1. The second-order valence-electron chi connectivity index (χ2n) is 3.48. The molecule has 1 amide bonds. The van der Waals surface area contributed by atoms with Crippen LogP contribution >= 0.6 is 0 Å². The van der Waals surface area contributed by atoms with E-state index in [0.717, 1.165) is 5.56 Å². The van der Waals surface area contributed by atoms with E-state index < -0.39 is 5.91 Å². The first kappa shape index (κ1) is 11.1. The molecule has 0 unspecified atom stereocenters. The number of nitrogens with zero attached hydrogens (tertiary/aromatic N) is 1. The second kappa shape index (κ2) is 5.12. The summed E-state index contributed by atoms with van der Waals surface area (Å²) in [5, 5.41) is 0. The van der Waals surface area contributed by atoms with Crippen molar-refractivity contribution < 1.29 is 9.53 Å². The number of nitrogens with two attached hydrogens (primary N) is 1. The number of ether oxygens (including phenoxy) is 1. The molecule has 0 fully saturated rings. The Morgan fingerprint density at radius 2 is 1.94 bits per heavy atom. The predicted octanol–water partition coefficient (Wildman–Crippen LogP) is 1.76. The monoisotopic (exact) mass is 228 g/mol. The summed E-state index contributed by atoms with van der Waals surface area (Å²) in [6, 6.07) is 12.5. The lowest BCUT2D eigenvalue weighted by molar-refractivity contribution is 0.0997. The molecule has 2 rings (SSSR count). The van der Waals surface area contributed by atoms with Gasteiger partial charge in [0.05, 0.1) is 0 Å². The molecule has 0 atom stereocenters. The minimum Gasteiger partial charge on any atom is -0.473 e. The van der Waals surface area contributed by atoms with Gasteiger partial charge >= 0.3 is 0 Å². The molecule has 1 aromatic carbocycles. The molecular weight excluding hydrogens is 216 g/mol. The average molecular weight is 228 g/mol. The fourth-order valence-electron chi connectivity index (χ4n) is 1.47. The molecule has 1 aromatic heterocycles. The summed E-state index contributed by atoms with van der Waals surface area (Å²) < 4.78 is 5.46. The van der Waals surface area contributed by atoms with Crippen LogP contribution in [-0.2, 0) is 6.61 Å². The predicted molar refractivity (Wildman–Crippen MR) is 63.5 cm³/mol. The summed E-state index contributed by atoms with van der Waals surface area (Å²) in [5.74, 6) is 0.0667. The van der Waals surface area contributed by atoms with Crippen LogP contribution in [0.25, 0.3) is 0 Å². The number of pyridine rings is 1. The third kappa shape index (κ3) is 2.81. The zero-order valence-corrected chi connectivity index (χ0v) is 9.17. The fourth-order valence-corrected chi connectivity index (χ4v) is 1.47. The first-order chi connectivity index (χ1) is 8.27. The van der Waals surface area contributed by atoms with Crippen molar-refractivity contribution in [3.05, 3.63) is 59.8 Å². The number of aromatic nitrogens is 1. The van der Waals surface area contributed by atoms with E-state index in [9.17, 15) is 4.79 Å². The lowest BCUT2D eigenvalue weighted by Gasteiger charge is -2.07. The molecule has 0 aliphatic heterocycles. The molecule has 0 spiro atoms. The summed E-state index contributed by atoms with van der Waals surface area (Å²) in [4.78, 5) is 15.2. The van der Waals surface area contributed by atoms with Crippen molar-refractivity contribution in [2.45, 2.75) is 6.61 Å². The van der Waals surface area contributed by atoms with Gasteiger partial charge in [0.1, 0.15) is 6.61 Å². The maximum atomic E-state index is 11.2. The molecule has 0 aliphatic carbocycles. The summed E-state index contributed by atoms with van der Waals surface area (Å²) in [7, 11) is 0. The zero-order valence-electron chi connectivity index (χ0n) is 9.17. The standard InChI is InChI=1S/C13H12N2O2/c14-13(16)11-6-2-1-5-10(11)9-17-12-7-3-4-8-15-12/h1-8H,9H2,(H2,14,16). The lowest BCUT2D eigenvalue weighted by Crippen LogP contribution is -2.14. The summed E-state index contributed by atoms with van der Waals surface area (Å²) in [6.07, 6.45) is 1.65. The first-order valence-electron chi connectivity index (χ1n) is 5.19. The van der Waals surface area contributed by atoms with Crippen LogP contribution in [0.4, 0.5) is 0 Å². The number of hydrogen-bond acceptors (Lipinski definition) is 3. The van der Waals surface area contributed by atoms with Crippen LogP contribution < -0.4 is 10.5 Å². The van der Waals surface area contributed by atoms with Gasteiger partial charge in [-0.25, -0.2) is 4.98 Å². The molecule has 0 radical (unpaired) electrons. The average Bonchev–Trinajstić information content (AvgIpc) is 2.38. The first-order valence-corrected chi connectivity index (χ1v) is 5.19. The topological polar surface area (TPSA) is 65.2 Å². The van der Waals surface area contributed by atoms with Gasteiger partial charge in [-0.1, -0.05) is 24.3 Å². The maximum absolute atomic E-state index is 11.2. The number of rotatable bonds is 4. The highest BCUT2D eigenvalue weighted by Crippen LogP contribution is 2.12. The number of amides is 1.